The molecule has 0 bridgehead atoms. The van der Waals surface area contributed by atoms with E-state index in [-0.39, 0.29) is 58.9 Å². The van der Waals surface area contributed by atoms with Gasteiger partial charge in [-0.3, -0.25) is 9.69 Å². The van der Waals surface area contributed by atoms with Crippen molar-refractivity contribution in [3.8, 4) is 11.5 Å². The highest BCUT2D eigenvalue weighted by molar-refractivity contribution is 7.95. The molecule has 0 saturated carbocycles. The van der Waals surface area contributed by atoms with Crippen molar-refractivity contribution in [1.82, 2.24) is 0 Å². The molecule has 3 aromatic rings. The Morgan fingerprint density at radius 2 is 1.88 bits per heavy atom. The van der Waals surface area contributed by atoms with Crippen molar-refractivity contribution in [3.63, 3.8) is 0 Å². The molecule has 0 fully saturated rings. The highest BCUT2D eigenvalue weighted by atomic mass is 32.2. The minimum absolute atomic E-state index is 0.0179. The Hall–Kier alpha value is -3.89. The third kappa shape index (κ3) is 5.80. The summed E-state index contributed by atoms with van der Waals surface area (Å²) in [6.45, 7) is 5.50. The van der Waals surface area contributed by atoms with Gasteiger partial charge in [0.25, 0.3) is 5.91 Å². The standard InChI is InChI=1S/C31H33FN2O6S/c1-4-39-18-27(36)34-25-11-8-12-26(35)28(25)33-24-16-31(2,3)19-41(37,38)30(24)29(34)22-14-13-21(15-23(22)32)40-17-20-9-6-5-7-10-20/h5-15,29,33,35H,4,16-19H2,1-3H3. The van der Waals surface area contributed by atoms with E-state index in [4.69, 9.17) is 9.47 Å². The van der Waals surface area contributed by atoms with Gasteiger partial charge in [0.2, 0.25) is 0 Å². The molecule has 0 spiro atoms. The molecule has 0 radical (unpaired) electrons. The number of carbonyl (C=O) groups excluding carboxylic acids is 1. The normalized spacial score (nSPS) is 19.0. The van der Waals surface area contributed by atoms with E-state index in [0.29, 0.717) is 12.1 Å². The van der Waals surface area contributed by atoms with Crippen LogP contribution >= 0.6 is 0 Å². The largest absolute Gasteiger partial charge is 0.506 e. The summed E-state index contributed by atoms with van der Waals surface area (Å²) in [6.07, 6.45) is 0.305. The number of rotatable bonds is 7. The first-order valence-corrected chi connectivity index (χ1v) is 15.1. The summed E-state index contributed by atoms with van der Waals surface area (Å²) in [6, 6.07) is 16.9. The lowest BCUT2D eigenvalue weighted by molar-refractivity contribution is -0.123. The summed E-state index contributed by atoms with van der Waals surface area (Å²) in [7, 11) is -4.00. The van der Waals surface area contributed by atoms with Crippen LogP contribution in [0, 0.1) is 11.2 Å². The summed E-state index contributed by atoms with van der Waals surface area (Å²) < 4.78 is 55.2. The van der Waals surface area contributed by atoms with Crippen LogP contribution in [0.15, 0.2) is 77.3 Å². The van der Waals surface area contributed by atoms with E-state index in [2.05, 4.69) is 5.32 Å². The minimum atomic E-state index is -4.00. The summed E-state index contributed by atoms with van der Waals surface area (Å²) in [5, 5.41) is 13.9. The number of sulfone groups is 1. The van der Waals surface area contributed by atoms with Crippen LogP contribution in [0.3, 0.4) is 0 Å². The number of aromatic hydroxyl groups is 1. The Kier molecular flexibility index (Phi) is 7.80. The Labute approximate surface area is 239 Å². The molecule has 1 amide bonds. The molecule has 10 heteroatoms. The first-order valence-electron chi connectivity index (χ1n) is 13.4. The van der Waals surface area contributed by atoms with Gasteiger partial charge in [-0.1, -0.05) is 50.2 Å². The molecule has 1 unspecified atom stereocenters. The Balaban J connectivity index is 1.68. The minimum Gasteiger partial charge on any atom is -0.506 e. The number of allylic oxidation sites excluding steroid dienone is 1. The number of hydrogen-bond donors (Lipinski definition) is 2. The summed E-state index contributed by atoms with van der Waals surface area (Å²) >= 11 is 0. The lowest BCUT2D eigenvalue weighted by atomic mass is 9.88. The topological polar surface area (TPSA) is 105 Å². The molecule has 2 aliphatic rings. The third-order valence-electron chi connectivity index (χ3n) is 7.14. The average Bonchev–Trinajstić information content (AvgIpc) is 3.05. The van der Waals surface area contributed by atoms with Crippen LogP contribution in [0.5, 0.6) is 11.5 Å². The van der Waals surface area contributed by atoms with Crippen LogP contribution in [0.2, 0.25) is 0 Å². The molecular weight excluding hydrogens is 547 g/mol. The van der Waals surface area contributed by atoms with Gasteiger partial charge < -0.3 is 19.9 Å². The van der Waals surface area contributed by atoms with Crippen molar-refractivity contribution in [2.45, 2.75) is 39.8 Å². The van der Waals surface area contributed by atoms with Crippen molar-refractivity contribution in [2.24, 2.45) is 5.41 Å². The van der Waals surface area contributed by atoms with Crippen LogP contribution < -0.4 is 15.0 Å². The number of phenols is 1. The van der Waals surface area contributed by atoms with Gasteiger partial charge in [0, 0.05) is 23.9 Å². The van der Waals surface area contributed by atoms with Gasteiger partial charge in [0.05, 0.1) is 16.3 Å². The van der Waals surface area contributed by atoms with E-state index < -0.39 is 33.0 Å². The molecule has 1 atom stereocenters. The first kappa shape index (κ1) is 28.6. The molecule has 0 aromatic heterocycles. The molecule has 41 heavy (non-hydrogen) atoms. The number of carbonyl (C=O) groups is 1. The fraction of sp³-hybridized carbons (Fsp3) is 0.323. The van der Waals surface area contributed by atoms with Crippen molar-refractivity contribution < 1.29 is 32.2 Å². The van der Waals surface area contributed by atoms with Gasteiger partial charge in [-0.25, -0.2) is 12.8 Å². The lowest BCUT2D eigenvalue weighted by Crippen LogP contribution is -2.42. The van der Waals surface area contributed by atoms with E-state index >= 15 is 4.39 Å². The van der Waals surface area contributed by atoms with Crippen molar-refractivity contribution in [2.75, 3.05) is 29.2 Å². The maximum absolute atomic E-state index is 16.1. The van der Waals surface area contributed by atoms with Gasteiger partial charge in [0.15, 0.2) is 9.84 Å². The molecular formula is C31H33FN2O6S. The van der Waals surface area contributed by atoms with Crippen molar-refractivity contribution in [3.05, 3.63) is 94.3 Å². The zero-order valence-electron chi connectivity index (χ0n) is 23.2. The number of fused-ring (bicyclic) bond motifs is 1. The summed E-state index contributed by atoms with van der Waals surface area (Å²) in [5.41, 5.74) is 0.939. The summed E-state index contributed by atoms with van der Waals surface area (Å²) in [4.78, 5) is 14.9. The second kappa shape index (κ2) is 11.2. The molecule has 2 heterocycles. The quantitative estimate of drug-likeness (QED) is 0.345. The third-order valence-corrected chi connectivity index (χ3v) is 9.45. The Bertz CT molecular complexity index is 1600. The Morgan fingerprint density at radius 1 is 1.12 bits per heavy atom. The van der Waals surface area contributed by atoms with Gasteiger partial charge >= 0.3 is 0 Å². The molecule has 3 aromatic carbocycles. The smallest absolute Gasteiger partial charge is 0.253 e. The molecule has 0 aliphatic carbocycles. The van der Waals surface area contributed by atoms with Gasteiger partial charge in [-0.05, 0) is 48.6 Å². The second-order valence-electron chi connectivity index (χ2n) is 11.0. The maximum atomic E-state index is 16.1. The number of nitrogens with one attached hydrogen (secondary N) is 1. The predicted octanol–water partition coefficient (Wildman–Crippen LogP) is 5.70. The molecule has 216 valence electrons. The zero-order chi connectivity index (χ0) is 29.4. The number of anilines is 2. The number of phenolic OH excluding ortho intramolecular Hbond substituents is 1. The highest BCUT2D eigenvalue weighted by Gasteiger charge is 2.47. The number of para-hydroxylation sites is 1. The first-order chi connectivity index (χ1) is 19.5. The number of hydrogen-bond acceptors (Lipinski definition) is 7. The van der Waals surface area contributed by atoms with Gasteiger partial charge in [-0.2, -0.15) is 0 Å². The van der Waals surface area contributed by atoms with Gasteiger partial charge in [0.1, 0.15) is 42.3 Å². The Morgan fingerprint density at radius 3 is 2.59 bits per heavy atom. The van der Waals surface area contributed by atoms with Crippen LogP contribution in [-0.4, -0.2) is 38.4 Å². The van der Waals surface area contributed by atoms with Crippen LogP contribution in [0.4, 0.5) is 15.8 Å². The SMILES string of the molecule is CCOCC(=O)N1c2cccc(O)c2NC2=C(C1c1ccc(OCc3ccccc3)cc1F)S(=O)(=O)CC(C)(C)C2. The van der Waals surface area contributed by atoms with E-state index in [1.165, 1.54) is 23.1 Å². The molecule has 2 aliphatic heterocycles. The summed E-state index contributed by atoms with van der Waals surface area (Å²) in [5.74, 6) is -1.41. The van der Waals surface area contributed by atoms with Gasteiger partial charge in [-0.15, -0.1) is 0 Å². The number of benzene rings is 3. The fourth-order valence-electron chi connectivity index (χ4n) is 5.48. The monoisotopic (exact) mass is 580 g/mol. The van der Waals surface area contributed by atoms with Crippen LogP contribution in [0.25, 0.3) is 0 Å². The van der Waals surface area contributed by atoms with Crippen LogP contribution in [0.1, 0.15) is 44.4 Å². The van der Waals surface area contributed by atoms with E-state index in [1.807, 2.05) is 44.2 Å². The van der Waals surface area contributed by atoms with Crippen molar-refractivity contribution >= 4 is 27.1 Å². The predicted molar refractivity (Wildman–Crippen MR) is 155 cm³/mol. The lowest BCUT2D eigenvalue weighted by Gasteiger charge is -2.37. The molecule has 2 N–H and O–H groups in total. The highest BCUT2D eigenvalue weighted by Crippen LogP contribution is 2.51. The molecule has 5 rings (SSSR count). The number of halogens is 1. The van der Waals surface area contributed by atoms with Crippen LogP contribution in [-0.2, 0) is 26.0 Å². The van der Waals surface area contributed by atoms with E-state index in [9.17, 15) is 18.3 Å². The number of ether oxygens (including phenoxy) is 2. The molecule has 0 saturated heterocycles. The maximum Gasteiger partial charge on any atom is 0.253 e. The fourth-order valence-corrected chi connectivity index (χ4v) is 7.84. The average molecular weight is 581 g/mol. The van der Waals surface area contributed by atoms with E-state index in [1.54, 1.807) is 25.1 Å². The second-order valence-corrected chi connectivity index (χ2v) is 13.0. The van der Waals surface area contributed by atoms with E-state index in [0.717, 1.165) is 5.56 Å². The number of nitrogens with zero attached hydrogens (tertiary/aromatic N) is 1. The zero-order valence-corrected chi connectivity index (χ0v) is 24.0. The molecule has 8 nitrogen and oxygen atoms in total. The number of amides is 1. The van der Waals surface area contributed by atoms with Crippen molar-refractivity contribution in [1.29, 1.82) is 0 Å².